The molecule has 13 heavy (non-hydrogen) atoms. The maximum absolute atomic E-state index is 11.3. The average molecular weight is 184 g/mol. The molecule has 0 aliphatic carbocycles. The minimum Gasteiger partial charge on any atom is -0.374 e. The Kier molecular flexibility index (Phi) is 3.89. The molecule has 1 aliphatic heterocycles. The molecule has 1 atom stereocenters. The van der Waals surface area contributed by atoms with E-state index in [1.165, 1.54) is 0 Å². The van der Waals surface area contributed by atoms with Gasteiger partial charge >= 0.3 is 0 Å². The highest BCUT2D eigenvalue weighted by Crippen LogP contribution is 2.07. The molecule has 0 aromatic rings. The number of rotatable bonds is 5. The smallest absolute Gasteiger partial charge is 0.250 e. The Balaban J connectivity index is 2.41. The van der Waals surface area contributed by atoms with Gasteiger partial charge in [0.05, 0.1) is 0 Å². The van der Waals surface area contributed by atoms with E-state index < -0.39 is 0 Å². The lowest BCUT2D eigenvalue weighted by Gasteiger charge is -1.99. The number of aliphatic imine (C=N–C) groups is 1. The normalized spacial score (nSPS) is 21.5. The molecule has 0 aromatic carbocycles. The number of amides is 1. The van der Waals surface area contributed by atoms with E-state index in [2.05, 4.69) is 10.3 Å². The van der Waals surface area contributed by atoms with Crippen molar-refractivity contribution in [3.05, 3.63) is 0 Å². The predicted molar refractivity (Wildman–Crippen MR) is 50.8 cm³/mol. The lowest BCUT2D eigenvalue weighted by Crippen LogP contribution is -2.30. The van der Waals surface area contributed by atoms with E-state index in [1.807, 2.05) is 13.8 Å². The molecule has 1 aliphatic rings. The SMILES string of the molecule is CCCC1N=C(COCC)NC1=O. The quantitative estimate of drug-likeness (QED) is 0.684. The molecule has 1 unspecified atom stereocenters. The van der Waals surface area contributed by atoms with Crippen LogP contribution in [0.25, 0.3) is 0 Å². The van der Waals surface area contributed by atoms with Crippen molar-refractivity contribution in [2.24, 2.45) is 4.99 Å². The van der Waals surface area contributed by atoms with E-state index in [1.54, 1.807) is 0 Å². The van der Waals surface area contributed by atoms with E-state index in [0.717, 1.165) is 12.8 Å². The van der Waals surface area contributed by atoms with Crippen LogP contribution in [0.4, 0.5) is 0 Å². The van der Waals surface area contributed by atoms with E-state index in [0.29, 0.717) is 19.0 Å². The van der Waals surface area contributed by atoms with Crippen LogP contribution in [-0.2, 0) is 9.53 Å². The van der Waals surface area contributed by atoms with Crippen LogP contribution in [0.2, 0.25) is 0 Å². The molecule has 0 aromatic heterocycles. The van der Waals surface area contributed by atoms with Gasteiger partial charge in [0.15, 0.2) is 0 Å². The summed E-state index contributed by atoms with van der Waals surface area (Å²) in [5.74, 6) is 0.682. The first-order valence-corrected chi connectivity index (χ1v) is 4.73. The van der Waals surface area contributed by atoms with Gasteiger partial charge in [0, 0.05) is 6.61 Å². The van der Waals surface area contributed by atoms with Crippen LogP contribution < -0.4 is 5.32 Å². The number of carbonyl (C=O) groups is 1. The van der Waals surface area contributed by atoms with Gasteiger partial charge in [0.2, 0.25) is 5.91 Å². The van der Waals surface area contributed by atoms with Crippen molar-refractivity contribution >= 4 is 11.7 Å². The second-order valence-electron chi connectivity index (χ2n) is 3.01. The molecule has 0 saturated heterocycles. The summed E-state index contributed by atoms with van der Waals surface area (Å²) in [5.41, 5.74) is 0. The summed E-state index contributed by atoms with van der Waals surface area (Å²) in [6, 6.07) is -0.180. The first kappa shape index (κ1) is 10.2. The average Bonchev–Trinajstić information content (AvgIpc) is 2.45. The number of amidine groups is 1. The van der Waals surface area contributed by atoms with Crippen molar-refractivity contribution in [1.82, 2.24) is 5.32 Å². The maximum Gasteiger partial charge on any atom is 0.250 e. The Hall–Kier alpha value is -0.900. The first-order chi connectivity index (χ1) is 6.27. The molecule has 0 spiro atoms. The third-order valence-electron chi connectivity index (χ3n) is 1.89. The summed E-state index contributed by atoms with van der Waals surface area (Å²) in [5, 5.41) is 2.71. The Morgan fingerprint density at radius 2 is 2.31 bits per heavy atom. The molecule has 1 heterocycles. The molecule has 4 nitrogen and oxygen atoms in total. The summed E-state index contributed by atoms with van der Waals surface area (Å²) in [4.78, 5) is 15.5. The fraction of sp³-hybridized carbons (Fsp3) is 0.778. The summed E-state index contributed by atoms with van der Waals surface area (Å²) in [6.07, 6.45) is 1.80. The van der Waals surface area contributed by atoms with Crippen LogP contribution in [0.3, 0.4) is 0 Å². The molecule has 74 valence electrons. The Labute approximate surface area is 78.4 Å². The van der Waals surface area contributed by atoms with Crippen molar-refractivity contribution in [3.63, 3.8) is 0 Å². The lowest BCUT2D eigenvalue weighted by atomic mass is 10.2. The number of ether oxygens (including phenoxy) is 1. The minimum absolute atomic E-state index is 0.0107. The van der Waals surface area contributed by atoms with Crippen molar-refractivity contribution in [2.75, 3.05) is 13.2 Å². The van der Waals surface area contributed by atoms with Gasteiger partial charge in [-0.05, 0) is 13.3 Å². The fourth-order valence-corrected chi connectivity index (χ4v) is 1.25. The van der Waals surface area contributed by atoms with Crippen LogP contribution in [0.5, 0.6) is 0 Å². The van der Waals surface area contributed by atoms with Gasteiger partial charge in [-0.15, -0.1) is 0 Å². The first-order valence-electron chi connectivity index (χ1n) is 4.73. The Morgan fingerprint density at radius 3 is 2.92 bits per heavy atom. The summed E-state index contributed by atoms with van der Waals surface area (Å²) < 4.78 is 5.15. The molecular formula is C9H16N2O2. The van der Waals surface area contributed by atoms with Crippen molar-refractivity contribution < 1.29 is 9.53 Å². The topological polar surface area (TPSA) is 50.7 Å². The Morgan fingerprint density at radius 1 is 1.54 bits per heavy atom. The second kappa shape index (κ2) is 4.97. The van der Waals surface area contributed by atoms with Crippen LogP contribution in [-0.4, -0.2) is 31.0 Å². The molecule has 1 rings (SSSR count). The third kappa shape index (κ3) is 2.81. The Bertz CT molecular complexity index is 214. The third-order valence-corrected chi connectivity index (χ3v) is 1.89. The van der Waals surface area contributed by atoms with Crippen molar-refractivity contribution in [3.8, 4) is 0 Å². The molecule has 0 bridgehead atoms. The van der Waals surface area contributed by atoms with Crippen LogP contribution in [0.1, 0.15) is 26.7 Å². The lowest BCUT2D eigenvalue weighted by molar-refractivity contribution is -0.120. The van der Waals surface area contributed by atoms with E-state index >= 15 is 0 Å². The van der Waals surface area contributed by atoms with Gasteiger partial charge in [-0.1, -0.05) is 13.3 Å². The van der Waals surface area contributed by atoms with Crippen molar-refractivity contribution in [1.29, 1.82) is 0 Å². The van der Waals surface area contributed by atoms with E-state index in [-0.39, 0.29) is 11.9 Å². The molecule has 0 radical (unpaired) electrons. The monoisotopic (exact) mass is 184 g/mol. The number of nitrogens with zero attached hydrogens (tertiary/aromatic N) is 1. The van der Waals surface area contributed by atoms with Crippen LogP contribution >= 0.6 is 0 Å². The second-order valence-corrected chi connectivity index (χ2v) is 3.01. The van der Waals surface area contributed by atoms with Gasteiger partial charge < -0.3 is 10.1 Å². The fourth-order valence-electron chi connectivity index (χ4n) is 1.25. The number of hydrogen-bond acceptors (Lipinski definition) is 3. The molecule has 1 amide bonds. The predicted octanol–water partition coefficient (Wildman–Crippen LogP) is 0.720. The summed E-state index contributed by atoms with van der Waals surface area (Å²) in [7, 11) is 0. The summed E-state index contributed by atoms with van der Waals surface area (Å²) >= 11 is 0. The largest absolute Gasteiger partial charge is 0.374 e. The van der Waals surface area contributed by atoms with Gasteiger partial charge in [0.1, 0.15) is 18.5 Å². The number of hydrogen-bond donors (Lipinski definition) is 1. The molecule has 0 saturated carbocycles. The highest BCUT2D eigenvalue weighted by atomic mass is 16.5. The van der Waals surface area contributed by atoms with Gasteiger partial charge in [0.25, 0.3) is 0 Å². The number of carbonyl (C=O) groups excluding carboxylic acids is 1. The van der Waals surface area contributed by atoms with Crippen LogP contribution in [0, 0.1) is 0 Å². The molecular weight excluding hydrogens is 168 g/mol. The maximum atomic E-state index is 11.3. The van der Waals surface area contributed by atoms with Gasteiger partial charge in [-0.25, -0.2) is 0 Å². The zero-order chi connectivity index (χ0) is 9.68. The highest BCUT2D eigenvalue weighted by molar-refractivity contribution is 6.06. The summed E-state index contributed by atoms with van der Waals surface area (Å²) in [6.45, 7) is 5.03. The minimum atomic E-state index is -0.180. The molecule has 0 fully saturated rings. The standard InChI is InChI=1S/C9H16N2O2/c1-3-5-7-9(12)11-8(10-7)6-13-4-2/h7H,3-6H2,1-2H3,(H,10,11,12). The van der Waals surface area contributed by atoms with E-state index in [4.69, 9.17) is 4.74 Å². The van der Waals surface area contributed by atoms with E-state index in [9.17, 15) is 4.79 Å². The molecule has 4 heteroatoms. The zero-order valence-corrected chi connectivity index (χ0v) is 8.17. The number of nitrogens with one attached hydrogen (secondary N) is 1. The zero-order valence-electron chi connectivity index (χ0n) is 8.17. The van der Waals surface area contributed by atoms with Gasteiger partial charge in [-0.2, -0.15) is 0 Å². The highest BCUT2D eigenvalue weighted by Gasteiger charge is 2.24. The molecule has 1 N–H and O–H groups in total. The van der Waals surface area contributed by atoms with Crippen molar-refractivity contribution in [2.45, 2.75) is 32.7 Å². The van der Waals surface area contributed by atoms with Gasteiger partial charge in [-0.3, -0.25) is 9.79 Å². The van der Waals surface area contributed by atoms with Crippen LogP contribution in [0.15, 0.2) is 4.99 Å².